The molecule has 11 heteroatoms. The number of H-pyrrole nitrogens is 1. The molecule has 1 aromatic carbocycles. The summed E-state index contributed by atoms with van der Waals surface area (Å²) in [5, 5.41) is 6.64. The van der Waals surface area contributed by atoms with Crippen LogP contribution < -0.4 is 0 Å². The van der Waals surface area contributed by atoms with E-state index in [4.69, 9.17) is 0 Å². The average Bonchev–Trinajstić information content (AvgIpc) is 2.86. The second-order valence-electron chi connectivity index (χ2n) is 6.69. The lowest BCUT2D eigenvalue weighted by atomic mass is 10.2. The quantitative estimate of drug-likeness (QED) is 0.717. The lowest BCUT2D eigenvalue weighted by Gasteiger charge is -2.23. The zero-order chi connectivity index (χ0) is 21.2. The van der Waals surface area contributed by atoms with Gasteiger partial charge in [-0.3, -0.25) is 9.89 Å². The zero-order valence-electron chi connectivity index (χ0n) is 16.1. The van der Waals surface area contributed by atoms with Crippen molar-refractivity contribution in [3.8, 4) is 0 Å². The molecule has 158 valence electrons. The van der Waals surface area contributed by atoms with Crippen LogP contribution in [0.4, 0.5) is 8.78 Å². The Kier molecular flexibility index (Phi) is 6.59. The number of benzene rings is 1. The number of carbonyl (C=O) groups excluding carboxylic acids is 1. The predicted molar refractivity (Wildman–Crippen MR) is 106 cm³/mol. The second kappa shape index (κ2) is 8.80. The van der Waals surface area contributed by atoms with E-state index in [1.165, 1.54) is 21.3 Å². The fourth-order valence-electron chi connectivity index (χ4n) is 3.40. The van der Waals surface area contributed by atoms with Crippen LogP contribution in [0.25, 0.3) is 0 Å². The van der Waals surface area contributed by atoms with Gasteiger partial charge < -0.3 is 4.90 Å². The maximum absolute atomic E-state index is 13.0. The van der Waals surface area contributed by atoms with Crippen LogP contribution in [0.2, 0.25) is 0 Å². The van der Waals surface area contributed by atoms with Gasteiger partial charge in [-0.05, 0) is 32.4 Å². The van der Waals surface area contributed by atoms with E-state index in [-0.39, 0.29) is 40.9 Å². The number of nitrogens with one attached hydrogen (secondary N) is 1. The molecular formula is C18H22F2N4O3S2. The van der Waals surface area contributed by atoms with Crippen molar-refractivity contribution in [2.24, 2.45) is 0 Å². The summed E-state index contributed by atoms with van der Waals surface area (Å²) >= 11 is 0.331. The summed E-state index contributed by atoms with van der Waals surface area (Å²) in [4.78, 5) is 14.8. The van der Waals surface area contributed by atoms with Gasteiger partial charge in [0.15, 0.2) is 0 Å². The van der Waals surface area contributed by atoms with Gasteiger partial charge in [0.25, 0.3) is 11.7 Å². The molecule has 0 saturated carbocycles. The number of nitrogens with zero attached hydrogens (tertiary/aromatic N) is 3. The number of aromatic nitrogens is 2. The highest BCUT2D eigenvalue weighted by atomic mass is 32.2. The molecule has 0 bridgehead atoms. The van der Waals surface area contributed by atoms with Crippen LogP contribution in [0.3, 0.4) is 0 Å². The summed E-state index contributed by atoms with van der Waals surface area (Å²) in [5.74, 6) is -3.00. The number of carbonyl (C=O) groups is 1. The first kappa shape index (κ1) is 21.7. The topological polar surface area (TPSA) is 86.4 Å². The summed E-state index contributed by atoms with van der Waals surface area (Å²) in [6.07, 6.45) is 0.449. The fourth-order valence-corrected chi connectivity index (χ4v) is 5.83. The Labute approximate surface area is 172 Å². The summed E-state index contributed by atoms with van der Waals surface area (Å²) in [6.45, 7) is 4.20. The first-order valence-corrected chi connectivity index (χ1v) is 11.4. The van der Waals surface area contributed by atoms with Gasteiger partial charge >= 0.3 is 0 Å². The SMILES string of the molecule is Cc1n[nH]c(C)c1S(=O)(=O)N1CCCN(C(=O)c2ccccc2SC(F)F)CC1. The fraction of sp³-hybridized carbons (Fsp3) is 0.444. The van der Waals surface area contributed by atoms with Crippen LogP contribution in [0.15, 0.2) is 34.1 Å². The third-order valence-corrected chi connectivity index (χ3v) is 7.68. The molecule has 7 nitrogen and oxygen atoms in total. The molecule has 1 aliphatic heterocycles. The van der Waals surface area contributed by atoms with E-state index in [1.807, 2.05) is 0 Å². The maximum atomic E-state index is 13.0. The third kappa shape index (κ3) is 4.62. The Morgan fingerprint density at radius 2 is 1.90 bits per heavy atom. The lowest BCUT2D eigenvalue weighted by molar-refractivity contribution is 0.0760. The number of thioether (sulfide) groups is 1. The molecular weight excluding hydrogens is 422 g/mol. The van der Waals surface area contributed by atoms with Crippen molar-refractivity contribution in [1.82, 2.24) is 19.4 Å². The number of alkyl halides is 2. The zero-order valence-corrected chi connectivity index (χ0v) is 17.7. The molecule has 0 aliphatic carbocycles. The third-order valence-electron chi connectivity index (χ3n) is 4.73. The molecule has 1 aromatic heterocycles. The number of aromatic amines is 1. The standard InChI is InChI=1S/C18H22F2N4O3S2/c1-12-16(13(2)22-21-12)29(26,27)24-9-5-8-23(10-11-24)17(25)14-6-3-4-7-15(14)28-18(19)20/h3-4,6-7,18H,5,8-11H2,1-2H3,(H,21,22). The minimum absolute atomic E-state index is 0.127. The summed E-state index contributed by atoms with van der Waals surface area (Å²) in [7, 11) is -3.74. The van der Waals surface area contributed by atoms with Crippen LogP contribution in [-0.2, 0) is 10.0 Å². The van der Waals surface area contributed by atoms with Gasteiger partial charge in [0.05, 0.1) is 17.0 Å². The predicted octanol–water partition coefficient (Wildman–Crippen LogP) is 2.88. The Morgan fingerprint density at radius 1 is 1.17 bits per heavy atom. The minimum Gasteiger partial charge on any atom is -0.337 e. The first-order chi connectivity index (χ1) is 13.7. The van der Waals surface area contributed by atoms with E-state index in [9.17, 15) is 22.0 Å². The smallest absolute Gasteiger partial charge is 0.288 e. The number of halogens is 2. The van der Waals surface area contributed by atoms with E-state index in [2.05, 4.69) is 10.2 Å². The monoisotopic (exact) mass is 444 g/mol. The molecule has 0 radical (unpaired) electrons. The minimum atomic E-state index is -3.74. The van der Waals surface area contributed by atoms with Crippen molar-refractivity contribution >= 4 is 27.7 Å². The van der Waals surface area contributed by atoms with E-state index >= 15 is 0 Å². The average molecular weight is 445 g/mol. The molecule has 0 unspecified atom stereocenters. The molecule has 1 amide bonds. The normalized spacial score (nSPS) is 16.2. The van der Waals surface area contributed by atoms with Crippen LogP contribution in [0.5, 0.6) is 0 Å². The highest BCUT2D eigenvalue weighted by molar-refractivity contribution is 7.99. The van der Waals surface area contributed by atoms with Crippen molar-refractivity contribution in [3.05, 3.63) is 41.2 Å². The largest absolute Gasteiger partial charge is 0.337 e. The molecule has 1 aliphatic rings. The van der Waals surface area contributed by atoms with E-state index in [0.29, 0.717) is 36.1 Å². The van der Waals surface area contributed by atoms with Crippen molar-refractivity contribution in [3.63, 3.8) is 0 Å². The number of hydrogen-bond donors (Lipinski definition) is 1. The number of hydrogen-bond acceptors (Lipinski definition) is 5. The summed E-state index contributed by atoms with van der Waals surface area (Å²) in [5.41, 5.74) is 1.07. The molecule has 2 aromatic rings. The number of aryl methyl sites for hydroxylation is 2. The van der Waals surface area contributed by atoms with Gasteiger partial charge in [0.1, 0.15) is 4.90 Å². The summed E-state index contributed by atoms with van der Waals surface area (Å²) in [6, 6.07) is 6.24. The van der Waals surface area contributed by atoms with Crippen molar-refractivity contribution in [2.45, 2.75) is 35.8 Å². The Bertz CT molecular complexity index is 975. The number of rotatable bonds is 5. The van der Waals surface area contributed by atoms with Crippen LogP contribution in [0, 0.1) is 13.8 Å². The van der Waals surface area contributed by atoms with Crippen LogP contribution in [-0.4, -0.2) is 65.7 Å². The molecule has 1 fully saturated rings. The maximum Gasteiger partial charge on any atom is 0.288 e. The first-order valence-electron chi connectivity index (χ1n) is 9.06. The van der Waals surface area contributed by atoms with Gasteiger partial charge in [-0.15, -0.1) is 0 Å². The highest BCUT2D eigenvalue weighted by Crippen LogP contribution is 2.29. The molecule has 2 heterocycles. The Hall–Kier alpha value is -1.98. The van der Waals surface area contributed by atoms with Gasteiger partial charge in [-0.1, -0.05) is 23.9 Å². The van der Waals surface area contributed by atoms with Crippen LogP contribution in [0.1, 0.15) is 28.2 Å². The van der Waals surface area contributed by atoms with Gasteiger partial charge in [-0.2, -0.15) is 18.2 Å². The molecule has 1 N–H and O–H groups in total. The molecule has 0 atom stereocenters. The van der Waals surface area contributed by atoms with Gasteiger partial charge in [-0.25, -0.2) is 8.42 Å². The van der Waals surface area contributed by atoms with Gasteiger partial charge in [0.2, 0.25) is 10.0 Å². The lowest BCUT2D eigenvalue weighted by Crippen LogP contribution is -2.37. The van der Waals surface area contributed by atoms with E-state index in [1.54, 1.807) is 26.0 Å². The van der Waals surface area contributed by atoms with Crippen molar-refractivity contribution in [1.29, 1.82) is 0 Å². The molecule has 29 heavy (non-hydrogen) atoms. The number of sulfonamides is 1. The molecule has 1 saturated heterocycles. The van der Waals surface area contributed by atoms with E-state index in [0.717, 1.165) is 0 Å². The van der Waals surface area contributed by atoms with Crippen molar-refractivity contribution in [2.75, 3.05) is 26.2 Å². The molecule has 0 spiro atoms. The Morgan fingerprint density at radius 3 is 2.55 bits per heavy atom. The Balaban J connectivity index is 1.78. The summed E-state index contributed by atoms with van der Waals surface area (Å²) < 4.78 is 53.1. The molecule has 3 rings (SSSR count). The van der Waals surface area contributed by atoms with Crippen LogP contribution >= 0.6 is 11.8 Å². The highest BCUT2D eigenvalue weighted by Gasteiger charge is 2.32. The number of amides is 1. The second-order valence-corrected chi connectivity index (χ2v) is 9.59. The van der Waals surface area contributed by atoms with Gasteiger partial charge in [0, 0.05) is 31.1 Å². The van der Waals surface area contributed by atoms with Crippen molar-refractivity contribution < 1.29 is 22.0 Å². The van der Waals surface area contributed by atoms with E-state index < -0.39 is 15.8 Å².